The first kappa shape index (κ1) is 27.2. The Morgan fingerprint density at radius 3 is 2.41 bits per heavy atom. The van der Waals surface area contributed by atoms with E-state index in [2.05, 4.69) is 15.6 Å². The summed E-state index contributed by atoms with van der Waals surface area (Å²) < 4.78 is 89.7. The molecular formula is C21H22F5N4O3S-. The van der Waals surface area contributed by atoms with E-state index in [0.29, 0.717) is 17.3 Å². The number of pyridine rings is 1. The van der Waals surface area contributed by atoms with E-state index in [1.807, 2.05) is 6.92 Å². The first-order valence-corrected chi connectivity index (χ1v) is 11.0. The van der Waals surface area contributed by atoms with Crippen LogP contribution in [0.15, 0.2) is 30.3 Å². The van der Waals surface area contributed by atoms with Gasteiger partial charge in [0.1, 0.15) is 17.2 Å². The number of benzene rings is 1. The standard InChI is InChI=1S/C21H23F5N4O3S/c1-4-9-27-20-13(5-7-17(29-20)21(24,25)26)6-8-18(31)28-12(2)14-10-15(22)19(16(23)11-14)30(3)34(32)33/h5-8,10-12H,4,9H2,1-3H3,(H,27,29)(H,28,31)(H,32,33)/p-1. The van der Waals surface area contributed by atoms with Crippen LogP contribution in [0.2, 0.25) is 0 Å². The summed E-state index contributed by atoms with van der Waals surface area (Å²) in [6.45, 7) is 3.63. The summed E-state index contributed by atoms with van der Waals surface area (Å²) in [5.74, 6) is -3.01. The number of alkyl halides is 3. The molecular weight excluding hydrogens is 483 g/mol. The number of rotatable bonds is 9. The minimum Gasteiger partial charge on any atom is -0.755 e. The fraction of sp³-hybridized carbons (Fsp3) is 0.333. The predicted octanol–water partition coefficient (Wildman–Crippen LogP) is 4.32. The van der Waals surface area contributed by atoms with Crippen LogP contribution in [-0.2, 0) is 22.2 Å². The molecule has 0 aliphatic rings. The summed E-state index contributed by atoms with van der Waals surface area (Å²) in [5, 5.41) is 5.25. The molecule has 2 unspecified atom stereocenters. The number of amides is 1. The Morgan fingerprint density at radius 1 is 1.26 bits per heavy atom. The van der Waals surface area contributed by atoms with Crippen molar-refractivity contribution in [2.24, 2.45) is 0 Å². The Balaban J connectivity index is 2.19. The molecule has 0 aliphatic heterocycles. The van der Waals surface area contributed by atoms with Gasteiger partial charge < -0.3 is 19.5 Å². The minimum absolute atomic E-state index is 0.0343. The van der Waals surface area contributed by atoms with Crippen molar-refractivity contribution >= 4 is 34.8 Å². The van der Waals surface area contributed by atoms with Gasteiger partial charge in [0.25, 0.3) is 0 Å². The fourth-order valence-electron chi connectivity index (χ4n) is 2.87. The molecule has 0 aliphatic carbocycles. The first-order valence-electron chi connectivity index (χ1n) is 9.97. The summed E-state index contributed by atoms with van der Waals surface area (Å²) in [4.78, 5) is 15.9. The lowest BCUT2D eigenvalue weighted by Gasteiger charge is -2.23. The third kappa shape index (κ3) is 6.97. The average molecular weight is 505 g/mol. The van der Waals surface area contributed by atoms with Gasteiger partial charge in [0.15, 0.2) is 11.6 Å². The smallest absolute Gasteiger partial charge is 0.433 e. The molecule has 0 saturated carbocycles. The van der Waals surface area contributed by atoms with Crippen LogP contribution in [0.25, 0.3) is 6.08 Å². The summed E-state index contributed by atoms with van der Waals surface area (Å²) in [6, 6.07) is 2.87. The zero-order chi connectivity index (χ0) is 25.6. The molecule has 0 fully saturated rings. The maximum atomic E-state index is 14.3. The molecule has 2 rings (SSSR count). The SMILES string of the molecule is CCCNc1nc(C(F)(F)F)ccc1C=CC(=O)NC(C)c1cc(F)c(N(C)S(=O)[O-])c(F)c1. The van der Waals surface area contributed by atoms with Crippen molar-refractivity contribution < 1.29 is 35.5 Å². The Hall–Kier alpha value is -3.06. The van der Waals surface area contributed by atoms with E-state index in [4.69, 9.17) is 0 Å². The van der Waals surface area contributed by atoms with Crippen LogP contribution >= 0.6 is 0 Å². The molecule has 0 spiro atoms. The Kier molecular flexibility index (Phi) is 9.10. The summed E-state index contributed by atoms with van der Waals surface area (Å²) >= 11 is -2.89. The second-order valence-electron chi connectivity index (χ2n) is 7.17. The highest BCUT2D eigenvalue weighted by molar-refractivity contribution is 7.80. The maximum Gasteiger partial charge on any atom is 0.433 e. The van der Waals surface area contributed by atoms with Gasteiger partial charge in [-0.3, -0.25) is 9.00 Å². The molecule has 1 aromatic carbocycles. The van der Waals surface area contributed by atoms with Gasteiger partial charge >= 0.3 is 6.18 Å². The Morgan fingerprint density at radius 2 is 1.88 bits per heavy atom. The number of halogens is 5. The Bertz CT molecular complexity index is 1070. The van der Waals surface area contributed by atoms with Gasteiger partial charge in [-0.2, -0.15) is 13.2 Å². The number of carbonyl (C=O) groups excluding carboxylic acids is 1. The van der Waals surface area contributed by atoms with Crippen LogP contribution in [0.4, 0.5) is 33.5 Å². The molecule has 0 bridgehead atoms. The molecule has 1 amide bonds. The molecule has 34 heavy (non-hydrogen) atoms. The van der Waals surface area contributed by atoms with Crippen molar-refractivity contribution in [2.75, 3.05) is 23.2 Å². The van der Waals surface area contributed by atoms with Crippen molar-refractivity contribution in [3.63, 3.8) is 0 Å². The van der Waals surface area contributed by atoms with Crippen LogP contribution in [0.5, 0.6) is 0 Å². The van der Waals surface area contributed by atoms with Crippen LogP contribution in [0.1, 0.15) is 43.1 Å². The van der Waals surface area contributed by atoms with Crippen LogP contribution in [-0.4, -0.2) is 33.2 Å². The highest BCUT2D eigenvalue weighted by Crippen LogP contribution is 2.30. The molecule has 0 radical (unpaired) electrons. The number of hydrogen-bond donors (Lipinski definition) is 2. The van der Waals surface area contributed by atoms with Crippen molar-refractivity contribution in [1.82, 2.24) is 10.3 Å². The van der Waals surface area contributed by atoms with E-state index in [1.54, 1.807) is 0 Å². The van der Waals surface area contributed by atoms with Crippen molar-refractivity contribution in [1.29, 1.82) is 0 Å². The number of carbonyl (C=O) groups is 1. The number of anilines is 2. The second kappa shape index (κ2) is 11.4. The summed E-state index contributed by atoms with van der Waals surface area (Å²) in [7, 11) is 0.972. The van der Waals surface area contributed by atoms with E-state index >= 15 is 0 Å². The van der Waals surface area contributed by atoms with Crippen molar-refractivity contribution in [3.8, 4) is 0 Å². The molecule has 186 valence electrons. The van der Waals surface area contributed by atoms with Crippen molar-refractivity contribution in [3.05, 3.63) is 58.8 Å². The molecule has 2 aromatic rings. The van der Waals surface area contributed by atoms with Gasteiger partial charge in [0.2, 0.25) is 5.91 Å². The molecule has 1 aromatic heterocycles. The number of aromatic nitrogens is 1. The van der Waals surface area contributed by atoms with Gasteiger partial charge in [0.05, 0.1) is 6.04 Å². The lowest BCUT2D eigenvalue weighted by molar-refractivity contribution is -0.141. The van der Waals surface area contributed by atoms with Gasteiger partial charge in [-0.25, -0.2) is 13.8 Å². The van der Waals surface area contributed by atoms with Crippen LogP contribution < -0.4 is 14.9 Å². The lowest BCUT2D eigenvalue weighted by atomic mass is 10.1. The van der Waals surface area contributed by atoms with Crippen molar-refractivity contribution in [2.45, 2.75) is 32.5 Å². The van der Waals surface area contributed by atoms with Crippen LogP contribution in [0, 0.1) is 11.6 Å². The zero-order valence-corrected chi connectivity index (χ0v) is 19.2. The van der Waals surface area contributed by atoms with E-state index in [1.165, 1.54) is 19.1 Å². The minimum atomic E-state index is -4.63. The third-order valence-corrected chi connectivity index (χ3v) is 5.24. The third-order valence-electron chi connectivity index (χ3n) is 4.61. The topological polar surface area (TPSA) is 97.4 Å². The Labute approximate surface area is 195 Å². The largest absolute Gasteiger partial charge is 0.755 e. The molecule has 1 heterocycles. The van der Waals surface area contributed by atoms with Gasteiger partial charge in [0, 0.05) is 36.5 Å². The molecule has 7 nitrogen and oxygen atoms in total. The van der Waals surface area contributed by atoms with E-state index < -0.39 is 52.4 Å². The fourth-order valence-corrected chi connectivity index (χ4v) is 3.19. The second-order valence-corrected chi connectivity index (χ2v) is 8.15. The summed E-state index contributed by atoms with van der Waals surface area (Å²) in [6.07, 6.45) is -1.69. The van der Waals surface area contributed by atoms with Gasteiger partial charge in [-0.1, -0.05) is 6.92 Å². The quantitative estimate of drug-likeness (QED) is 0.301. The van der Waals surface area contributed by atoms with E-state index in [-0.39, 0.29) is 16.9 Å². The van der Waals surface area contributed by atoms with E-state index in [0.717, 1.165) is 31.3 Å². The average Bonchev–Trinajstić information content (AvgIpc) is 2.74. The monoisotopic (exact) mass is 505 g/mol. The normalized spacial score (nSPS) is 13.6. The van der Waals surface area contributed by atoms with Gasteiger partial charge in [-0.15, -0.1) is 0 Å². The zero-order valence-electron chi connectivity index (χ0n) is 18.4. The highest BCUT2D eigenvalue weighted by atomic mass is 32.2. The van der Waals surface area contributed by atoms with E-state index in [9.17, 15) is 35.5 Å². The highest BCUT2D eigenvalue weighted by Gasteiger charge is 2.33. The lowest BCUT2D eigenvalue weighted by Crippen LogP contribution is -2.26. The number of hydrogen-bond acceptors (Lipinski definition) is 5. The number of nitrogens with zero attached hydrogens (tertiary/aromatic N) is 2. The van der Waals surface area contributed by atoms with Gasteiger partial charge in [-0.05, 0) is 49.2 Å². The molecule has 2 atom stereocenters. The maximum absolute atomic E-state index is 14.3. The molecule has 13 heteroatoms. The molecule has 0 saturated heterocycles. The molecule has 2 N–H and O–H groups in total. The first-order chi connectivity index (χ1) is 15.8. The number of nitrogens with one attached hydrogen (secondary N) is 2. The summed E-state index contributed by atoms with van der Waals surface area (Å²) in [5.41, 5.74) is -1.58. The van der Waals surface area contributed by atoms with Crippen LogP contribution in [0.3, 0.4) is 0 Å². The predicted molar refractivity (Wildman–Crippen MR) is 117 cm³/mol.